The van der Waals surface area contributed by atoms with E-state index in [0.29, 0.717) is 6.04 Å². The molecule has 20 heavy (non-hydrogen) atoms. The average Bonchev–Trinajstić information content (AvgIpc) is 2.83. The highest BCUT2D eigenvalue weighted by atomic mass is 16.5. The molecule has 1 saturated heterocycles. The Morgan fingerprint density at radius 2 is 2.30 bits per heavy atom. The predicted octanol–water partition coefficient (Wildman–Crippen LogP) is 2.78. The van der Waals surface area contributed by atoms with Crippen molar-refractivity contribution < 1.29 is 14.3 Å². The second-order valence-corrected chi connectivity index (χ2v) is 5.39. The summed E-state index contributed by atoms with van der Waals surface area (Å²) in [7, 11) is 3.78. The zero-order valence-electron chi connectivity index (χ0n) is 12.5. The SMILES string of the molecule is COc1cccc([C@@H](C[C@@H]2CCCN2C)OC(C)=O)c1. The third kappa shape index (κ3) is 3.73. The fourth-order valence-electron chi connectivity index (χ4n) is 2.82. The lowest BCUT2D eigenvalue weighted by Gasteiger charge is -2.25. The number of benzene rings is 1. The van der Waals surface area contributed by atoms with Gasteiger partial charge >= 0.3 is 5.97 Å². The van der Waals surface area contributed by atoms with E-state index < -0.39 is 0 Å². The number of carbonyl (C=O) groups is 1. The van der Waals surface area contributed by atoms with E-state index in [4.69, 9.17) is 9.47 Å². The molecule has 0 aliphatic carbocycles. The minimum atomic E-state index is -0.238. The van der Waals surface area contributed by atoms with Crippen molar-refractivity contribution in [3.05, 3.63) is 29.8 Å². The number of hydrogen-bond donors (Lipinski definition) is 0. The summed E-state index contributed by atoms with van der Waals surface area (Å²) in [5.41, 5.74) is 1.000. The van der Waals surface area contributed by atoms with Crippen molar-refractivity contribution in [1.82, 2.24) is 4.90 Å². The quantitative estimate of drug-likeness (QED) is 0.776. The summed E-state index contributed by atoms with van der Waals surface area (Å²) < 4.78 is 10.8. The van der Waals surface area contributed by atoms with Gasteiger partial charge in [0.05, 0.1) is 7.11 Å². The van der Waals surface area contributed by atoms with Gasteiger partial charge < -0.3 is 14.4 Å². The largest absolute Gasteiger partial charge is 0.497 e. The first-order valence-corrected chi connectivity index (χ1v) is 7.11. The van der Waals surface area contributed by atoms with Crippen LogP contribution in [0.3, 0.4) is 0 Å². The zero-order valence-corrected chi connectivity index (χ0v) is 12.5. The van der Waals surface area contributed by atoms with Gasteiger partial charge in [-0.1, -0.05) is 12.1 Å². The molecule has 2 rings (SSSR count). The van der Waals surface area contributed by atoms with Gasteiger partial charge in [-0.15, -0.1) is 0 Å². The maximum Gasteiger partial charge on any atom is 0.303 e. The van der Waals surface area contributed by atoms with E-state index in [0.717, 1.165) is 30.7 Å². The number of nitrogens with zero attached hydrogens (tertiary/aromatic N) is 1. The van der Waals surface area contributed by atoms with Crippen molar-refractivity contribution >= 4 is 5.97 Å². The molecule has 0 unspecified atom stereocenters. The first-order chi connectivity index (χ1) is 9.60. The molecule has 2 atom stereocenters. The molecule has 0 aromatic heterocycles. The smallest absolute Gasteiger partial charge is 0.303 e. The van der Waals surface area contributed by atoms with Crippen molar-refractivity contribution in [1.29, 1.82) is 0 Å². The van der Waals surface area contributed by atoms with Gasteiger partial charge in [-0.3, -0.25) is 4.79 Å². The van der Waals surface area contributed by atoms with Crippen LogP contribution in [-0.2, 0) is 9.53 Å². The van der Waals surface area contributed by atoms with Gasteiger partial charge in [-0.05, 0) is 44.1 Å². The predicted molar refractivity (Wildman–Crippen MR) is 77.8 cm³/mol. The summed E-state index contributed by atoms with van der Waals surface area (Å²) in [4.78, 5) is 13.7. The van der Waals surface area contributed by atoms with Crippen molar-refractivity contribution in [3.8, 4) is 5.75 Å². The van der Waals surface area contributed by atoms with Crippen LogP contribution < -0.4 is 4.74 Å². The number of carbonyl (C=O) groups excluding carboxylic acids is 1. The van der Waals surface area contributed by atoms with Crippen LogP contribution in [0, 0.1) is 0 Å². The van der Waals surface area contributed by atoms with Crippen LogP contribution in [-0.4, -0.2) is 37.6 Å². The second kappa shape index (κ2) is 6.75. The monoisotopic (exact) mass is 277 g/mol. The van der Waals surface area contributed by atoms with Crippen molar-refractivity contribution in [2.45, 2.75) is 38.3 Å². The first kappa shape index (κ1) is 14.9. The number of likely N-dealkylation sites (tertiary alicyclic amines) is 1. The van der Waals surface area contributed by atoms with Gasteiger partial charge in [0, 0.05) is 19.4 Å². The maximum absolute atomic E-state index is 11.4. The molecular weight excluding hydrogens is 254 g/mol. The third-order valence-corrected chi connectivity index (χ3v) is 3.93. The normalized spacial score (nSPS) is 20.6. The van der Waals surface area contributed by atoms with E-state index in [9.17, 15) is 4.79 Å². The lowest BCUT2D eigenvalue weighted by molar-refractivity contribution is -0.147. The number of rotatable bonds is 5. The molecule has 1 aromatic carbocycles. The Bertz CT molecular complexity index is 461. The molecule has 0 bridgehead atoms. The second-order valence-electron chi connectivity index (χ2n) is 5.39. The minimum Gasteiger partial charge on any atom is -0.497 e. The van der Waals surface area contributed by atoms with Crippen LogP contribution in [0.5, 0.6) is 5.75 Å². The number of methoxy groups -OCH3 is 1. The molecule has 0 spiro atoms. The Labute approximate surface area is 120 Å². The molecule has 1 heterocycles. The van der Waals surface area contributed by atoms with E-state index in [-0.39, 0.29) is 12.1 Å². The van der Waals surface area contributed by atoms with Crippen molar-refractivity contribution in [2.24, 2.45) is 0 Å². The number of hydrogen-bond acceptors (Lipinski definition) is 4. The van der Waals surface area contributed by atoms with E-state index >= 15 is 0 Å². The van der Waals surface area contributed by atoms with Gasteiger partial charge in [-0.25, -0.2) is 0 Å². The van der Waals surface area contributed by atoms with Crippen LogP contribution in [0.25, 0.3) is 0 Å². The lowest BCUT2D eigenvalue weighted by atomic mass is 10.00. The molecule has 1 aliphatic rings. The van der Waals surface area contributed by atoms with Crippen LogP contribution in [0.4, 0.5) is 0 Å². The maximum atomic E-state index is 11.4. The van der Waals surface area contributed by atoms with E-state index in [2.05, 4.69) is 11.9 Å². The Kier molecular flexibility index (Phi) is 5.01. The molecule has 0 saturated carbocycles. The molecule has 1 fully saturated rings. The molecule has 0 N–H and O–H groups in total. The molecule has 1 aliphatic heterocycles. The van der Waals surface area contributed by atoms with E-state index in [1.165, 1.54) is 13.3 Å². The highest BCUT2D eigenvalue weighted by molar-refractivity contribution is 5.66. The Balaban J connectivity index is 2.15. The highest BCUT2D eigenvalue weighted by Crippen LogP contribution is 2.30. The first-order valence-electron chi connectivity index (χ1n) is 7.11. The topological polar surface area (TPSA) is 38.8 Å². The Morgan fingerprint density at radius 3 is 2.90 bits per heavy atom. The third-order valence-electron chi connectivity index (χ3n) is 3.93. The Morgan fingerprint density at radius 1 is 1.50 bits per heavy atom. The summed E-state index contributed by atoms with van der Waals surface area (Å²) in [6.07, 6.45) is 3.02. The van der Waals surface area contributed by atoms with E-state index in [1.807, 2.05) is 24.3 Å². The minimum absolute atomic E-state index is 0.201. The van der Waals surface area contributed by atoms with Crippen molar-refractivity contribution in [2.75, 3.05) is 20.7 Å². The van der Waals surface area contributed by atoms with E-state index in [1.54, 1.807) is 7.11 Å². The number of esters is 1. The summed E-state index contributed by atoms with van der Waals surface area (Å²) in [5.74, 6) is 0.554. The van der Waals surface area contributed by atoms with Crippen LogP contribution in [0.2, 0.25) is 0 Å². The average molecular weight is 277 g/mol. The summed E-state index contributed by atoms with van der Waals surface area (Å²) >= 11 is 0. The summed E-state index contributed by atoms with van der Waals surface area (Å²) in [5, 5.41) is 0. The standard InChI is InChI=1S/C16H23NO3/c1-12(18)20-16(11-14-7-5-9-17(14)2)13-6-4-8-15(10-13)19-3/h4,6,8,10,14,16H,5,7,9,11H2,1-3H3/t14-,16+/m0/s1. The van der Waals surface area contributed by atoms with Gasteiger partial charge in [0.2, 0.25) is 0 Å². The molecule has 1 aromatic rings. The zero-order chi connectivity index (χ0) is 14.5. The molecular formula is C16H23NO3. The Hall–Kier alpha value is -1.55. The summed E-state index contributed by atoms with van der Waals surface area (Å²) in [6.45, 7) is 2.58. The van der Waals surface area contributed by atoms with Gasteiger partial charge in [0.25, 0.3) is 0 Å². The molecule has 0 amide bonds. The number of ether oxygens (including phenoxy) is 2. The van der Waals surface area contributed by atoms with Crippen LogP contribution in [0.15, 0.2) is 24.3 Å². The highest BCUT2D eigenvalue weighted by Gasteiger charge is 2.27. The molecule has 4 nitrogen and oxygen atoms in total. The van der Waals surface area contributed by atoms with Gasteiger partial charge in [0.1, 0.15) is 11.9 Å². The fourth-order valence-corrected chi connectivity index (χ4v) is 2.82. The van der Waals surface area contributed by atoms with Gasteiger partial charge in [-0.2, -0.15) is 0 Å². The van der Waals surface area contributed by atoms with Crippen LogP contribution >= 0.6 is 0 Å². The summed E-state index contributed by atoms with van der Waals surface area (Å²) in [6, 6.07) is 8.25. The lowest BCUT2D eigenvalue weighted by Crippen LogP contribution is -2.28. The fraction of sp³-hybridized carbons (Fsp3) is 0.562. The molecule has 4 heteroatoms. The van der Waals surface area contributed by atoms with Crippen LogP contribution in [0.1, 0.15) is 37.9 Å². The molecule has 110 valence electrons. The van der Waals surface area contributed by atoms with Crippen molar-refractivity contribution in [3.63, 3.8) is 0 Å². The van der Waals surface area contributed by atoms with Gasteiger partial charge in [0.15, 0.2) is 0 Å². The molecule has 0 radical (unpaired) electrons.